The minimum atomic E-state index is -0.573. The average Bonchev–Trinajstić information content (AvgIpc) is 3.40. The summed E-state index contributed by atoms with van der Waals surface area (Å²) in [5, 5.41) is 1.08. The predicted molar refractivity (Wildman–Crippen MR) is 160 cm³/mol. The average molecular weight is 558 g/mol. The highest BCUT2D eigenvalue weighted by atomic mass is 16.5. The third-order valence-corrected chi connectivity index (χ3v) is 8.21. The van der Waals surface area contributed by atoms with Gasteiger partial charge in [0.1, 0.15) is 19.3 Å². The highest BCUT2D eigenvalue weighted by Crippen LogP contribution is 2.44. The quantitative estimate of drug-likeness (QED) is 0.281. The maximum atomic E-state index is 13.6. The van der Waals surface area contributed by atoms with Crippen LogP contribution in [0, 0.1) is 0 Å². The summed E-state index contributed by atoms with van der Waals surface area (Å²) in [5.41, 5.74) is 5.94. The van der Waals surface area contributed by atoms with Crippen LogP contribution in [0.4, 0.5) is 0 Å². The van der Waals surface area contributed by atoms with Crippen molar-refractivity contribution in [3.05, 3.63) is 131 Å². The lowest BCUT2D eigenvalue weighted by atomic mass is 9.86. The summed E-state index contributed by atoms with van der Waals surface area (Å²) >= 11 is 0. The van der Waals surface area contributed by atoms with Gasteiger partial charge in [0.2, 0.25) is 11.8 Å². The Bertz CT molecular complexity index is 1770. The molecule has 7 nitrogen and oxygen atoms in total. The fourth-order valence-electron chi connectivity index (χ4n) is 6.15. The van der Waals surface area contributed by atoms with E-state index in [4.69, 9.17) is 9.47 Å². The van der Waals surface area contributed by atoms with Gasteiger partial charge in [-0.25, -0.2) is 0 Å². The number of para-hydroxylation sites is 1. The van der Waals surface area contributed by atoms with E-state index >= 15 is 0 Å². The first-order chi connectivity index (χ1) is 20.6. The molecule has 4 aromatic carbocycles. The van der Waals surface area contributed by atoms with Crippen LogP contribution in [0.5, 0.6) is 11.5 Å². The molecule has 1 aromatic heterocycles. The van der Waals surface area contributed by atoms with E-state index in [1.165, 1.54) is 4.90 Å². The van der Waals surface area contributed by atoms with E-state index in [0.29, 0.717) is 31.1 Å². The fraction of sp³-hybridized carbons (Fsp3) is 0.200. The standard InChI is InChI=1S/C35H31N3O4/c1-37-20-32(39)38-29(35(37)40)19-27-26-14-8-9-15-28(26)36-33(27)34(38)25-16-17-30(41-21-23-10-4-2-5-11-23)31(18-25)42-22-24-12-6-3-7-13-24/h2-18,29,34,36H,19-22H2,1H3/t29-,34-/m1/s1. The number of aromatic amines is 1. The molecule has 1 fully saturated rings. The maximum absolute atomic E-state index is 13.6. The van der Waals surface area contributed by atoms with E-state index in [-0.39, 0.29) is 18.4 Å². The minimum Gasteiger partial charge on any atom is -0.485 e. The number of carbonyl (C=O) groups excluding carboxylic acids is 2. The molecule has 0 spiro atoms. The molecule has 0 aliphatic carbocycles. The second-order valence-corrected chi connectivity index (χ2v) is 10.9. The molecule has 0 radical (unpaired) electrons. The van der Waals surface area contributed by atoms with Crippen molar-refractivity contribution in [1.82, 2.24) is 14.8 Å². The van der Waals surface area contributed by atoms with Crippen LogP contribution in [0.25, 0.3) is 10.9 Å². The molecular formula is C35H31N3O4. The highest BCUT2D eigenvalue weighted by Gasteiger charge is 2.47. The number of rotatable bonds is 7. The number of likely N-dealkylation sites (N-methyl/N-ethyl adjacent to an activating group) is 1. The van der Waals surface area contributed by atoms with E-state index in [9.17, 15) is 9.59 Å². The molecule has 2 aliphatic rings. The van der Waals surface area contributed by atoms with E-state index in [1.807, 2.05) is 97.1 Å². The zero-order valence-corrected chi connectivity index (χ0v) is 23.3. The number of hydrogen-bond acceptors (Lipinski definition) is 4. The molecule has 7 rings (SSSR count). The van der Waals surface area contributed by atoms with E-state index < -0.39 is 12.1 Å². The second kappa shape index (κ2) is 10.7. The summed E-state index contributed by atoms with van der Waals surface area (Å²) < 4.78 is 12.6. The minimum absolute atomic E-state index is 0.0427. The summed E-state index contributed by atoms with van der Waals surface area (Å²) in [6.07, 6.45) is 0.473. The summed E-state index contributed by atoms with van der Waals surface area (Å²) in [6.45, 7) is 0.810. The lowest BCUT2D eigenvalue weighted by molar-refractivity contribution is -0.157. The van der Waals surface area contributed by atoms with Crippen LogP contribution in [-0.4, -0.2) is 46.2 Å². The van der Waals surface area contributed by atoms with Gasteiger partial charge in [-0.05, 0) is 40.5 Å². The first-order valence-corrected chi connectivity index (χ1v) is 14.2. The van der Waals surface area contributed by atoms with Crippen molar-refractivity contribution < 1.29 is 19.1 Å². The number of hydrogen-bond donors (Lipinski definition) is 1. The smallest absolute Gasteiger partial charge is 0.245 e. The molecule has 2 amide bonds. The predicted octanol–water partition coefficient (Wildman–Crippen LogP) is 5.64. The molecular weight excluding hydrogens is 526 g/mol. The third-order valence-electron chi connectivity index (χ3n) is 8.21. The van der Waals surface area contributed by atoms with Crippen LogP contribution in [0.2, 0.25) is 0 Å². The topological polar surface area (TPSA) is 74.9 Å². The van der Waals surface area contributed by atoms with Gasteiger partial charge in [-0.1, -0.05) is 84.9 Å². The van der Waals surface area contributed by atoms with Crippen LogP contribution >= 0.6 is 0 Å². The number of nitrogens with one attached hydrogen (secondary N) is 1. The number of piperazine rings is 1. The summed E-state index contributed by atoms with van der Waals surface area (Å²) in [6, 6.07) is 32.9. The number of aromatic nitrogens is 1. The van der Waals surface area contributed by atoms with Crippen molar-refractivity contribution >= 4 is 22.7 Å². The lowest BCUT2D eigenvalue weighted by Gasteiger charge is -2.46. The second-order valence-electron chi connectivity index (χ2n) is 10.9. The molecule has 210 valence electrons. The number of ether oxygens (including phenoxy) is 2. The molecule has 0 unspecified atom stereocenters. The molecule has 3 heterocycles. The van der Waals surface area contributed by atoms with Gasteiger partial charge in [-0.3, -0.25) is 9.59 Å². The summed E-state index contributed by atoms with van der Waals surface area (Å²) in [7, 11) is 1.70. The monoisotopic (exact) mass is 557 g/mol. The molecule has 0 saturated carbocycles. The molecule has 5 aromatic rings. The molecule has 2 aliphatic heterocycles. The van der Waals surface area contributed by atoms with E-state index in [1.54, 1.807) is 11.9 Å². The molecule has 0 bridgehead atoms. The molecule has 2 atom stereocenters. The molecule has 1 saturated heterocycles. The van der Waals surface area contributed by atoms with Crippen LogP contribution < -0.4 is 9.47 Å². The molecule has 1 N–H and O–H groups in total. The first kappa shape index (κ1) is 25.9. The van der Waals surface area contributed by atoms with Crippen molar-refractivity contribution in [1.29, 1.82) is 0 Å². The van der Waals surface area contributed by atoms with Crippen LogP contribution in [0.1, 0.15) is 34.0 Å². The van der Waals surface area contributed by atoms with Crippen molar-refractivity contribution in [2.45, 2.75) is 31.7 Å². The Morgan fingerprint density at radius 2 is 1.43 bits per heavy atom. The summed E-state index contributed by atoms with van der Waals surface area (Å²) in [5.74, 6) is 1.08. The van der Waals surface area contributed by atoms with Gasteiger partial charge in [-0.2, -0.15) is 0 Å². The zero-order valence-electron chi connectivity index (χ0n) is 23.3. The molecule has 42 heavy (non-hydrogen) atoms. The Labute approximate surface area is 244 Å². The van der Waals surface area contributed by atoms with Crippen molar-refractivity contribution in [2.24, 2.45) is 0 Å². The van der Waals surface area contributed by atoms with Crippen molar-refractivity contribution in [2.75, 3.05) is 13.6 Å². The lowest BCUT2D eigenvalue weighted by Crippen LogP contribution is -2.62. The SMILES string of the molecule is CN1CC(=O)N2[C@H](c3ccc(OCc4ccccc4)c(OCc4ccccc4)c3)c3[nH]c4ccccc4c3C[C@@H]2C1=O. The number of fused-ring (bicyclic) bond motifs is 4. The largest absolute Gasteiger partial charge is 0.485 e. The highest BCUT2D eigenvalue weighted by molar-refractivity contribution is 5.97. The number of amides is 2. The van der Waals surface area contributed by atoms with Crippen molar-refractivity contribution in [3.8, 4) is 11.5 Å². The summed E-state index contributed by atoms with van der Waals surface area (Å²) in [4.78, 5) is 33.9. The maximum Gasteiger partial charge on any atom is 0.245 e. The Morgan fingerprint density at radius 3 is 2.14 bits per heavy atom. The van der Waals surface area contributed by atoms with E-state index in [2.05, 4.69) is 11.1 Å². The van der Waals surface area contributed by atoms with Gasteiger partial charge in [0, 0.05) is 30.1 Å². The molecule has 7 heteroatoms. The number of benzene rings is 4. The van der Waals surface area contributed by atoms with Gasteiger partial charge in [-0.15, -0.1) is 0 Å². The zero-order chi connectivity index (χ0) is 28.6. The third kappa shape index (κ3) is 4.67. The van der Waals surface area contributed by atoms with E-state index in [0.717, 1.165) is 38.9 Å². The Kier molecular flexibility index (Phi) is 6.62. The van der Waals surface area contributed by atoms with Crippen LogP contribution in [0.15, 0.2) is 103 Å². The normalized spacial score (nSPS) is 18.1. The van der Waals surface area contributed by atoms with Crippen molar-refractivity contribution in [3.63, 3.8) is 0 Å². The van der Waals surface area contributed by atoms with Gasteiger partial charge in [0.25, 0.3) is 0 Å². The van der Waals surface area contributed by atoms with Crippen LogP contribution in [-0.2, 0) is 29.2 Å². The van der Waals surface area contributed by atoms with Gasteiger partial charge < -0.3 is 24.3 Å². The van der Waals surface area contributed by atoms with Crippen LogP contribution in [0.3, 0.4) is 0 Å². The Morgan fingerprint density at radius 1 is 0.786 bits per heavy atom. The Hall–Kier alpha value is -5.04. The first-order valence-electron chi connectivity index (χ1n) is 14.2. The number of carbonyl (C=O) groups is 2. The van der Waals surface area contributed by atoms with Gasteiger partial charge >= 0.3 is 0 Å². The number of nitrogens with zero attached hydrogens (tertiary/aromatic N) is 2. The Balaban J connectivity index is 1.32. The number of H-pyrrole nitrogens is 1. The van der Waals surface area contributed by atoms with Gasteiger partial charge in [0.15, 0.2) is 11.5 Å². The van der Waals surface area contributed by atoms with Gasteiger partial charge in [0.05, 0.1) is 12.6 Å². The fourth-order valence-corrected chi connectivity index (χ4v) is 6.15.